The zero-order valence-electron chi connectivity index (χ0n) is 16.6. The molecular formula is C23H27NO3S. The molecule has 1 atom stereocenters. The van der Waals surface area contributed by atoms with Gasteiger partial charge >= 0.3 is 0 Å². The van der Waals surface area contributed by atoms with Gasteiger partial charge in [0.25, 0.3) is 0 Å². The van der Waals surface area contributed by atoms with Gasteiger partial charge in [0.05, 0.1) is 10.9 Å². The van der Waals surface area contributed by atoms with Crippen LogP contribution in [0, 0.1) is 6.92 Å². The second-order valence-corrected chi connectivity index (χ2v) is 8.77. The number of thiophene rings is 1. The topological polar surface area (TPSA) is 54.5 Å². The van der Waals surface area contributed by atoms with Crippen molar-refractivity contribution in [2.24, 2.45) is 0 Å². The summed E-state index contributed by atoms with van der Waals surface area (Å²) in [5.41, 5.74) is 2.55. The summed E-state index contributed by atoms with van der Waals surface area (Å²) >= 11 is 1.46. The maximum absolute atomic E-state index is 12.6. The lowest BCUT2D eigenvalue weighted by molar-refractivity contribution is -0.134. The summed E-state index contributed by atoms with van der Waals surface area (Å²) in [6, 6.07) is 12.1. The number of hydrogen-bond acceptors (Lipinski definition) is 4. The Morgan fingerprint density at radius 2 is 1.79 bits per heavy atom. The molecule has 1 amide bonds. The molecule has 0 fully saturated rings. The normalized spacial score (nSPS) is 15.7. The largest absolute Gasteiger partial charge is 0.339 e. The number of fused-ring (bicyclic) bond motifs is 1. The van der Waals surface area contributed by atoms with Crippen LogP contribution in [0.15, 0.2) is 36.4 Å². The van der Waals surface area contributed by atoms with E-state index in [9.17, 15) is 14.4 Å². The Labute approximate surface area is 170 Å². The Bertz CT molecular complexity index is 870. The van der Waals surface area contributed by atoms with E-state index in [0.717, 1.165) is 24.1 Å². The average Bonchev–Trinajstić information content (AvgIpc) is 3.15. The van der Waals surface area contributed by atoms with Crippen LogP contribution in [0.3, 0.4) is 0 Å². The molecular weight excluding hydrogens is 370 g/mol. The van der Waals surface area contributed by atoms with Gasteiger partial charge in [0, 0.05) is 37.6 Å². The molecule has 0 saturated heterocycles. The third-order valence-corrected chi connectivity index (χ3v) is 6.50. The van der Waals surface area contributed by atoms with Gasteiger partial charge < -0.3 is 4.90 Å². The van der Waals surface area contributed by atoms with Crippen molar-refractivity contribution in [2.45, 2.75) is 57.9 Å². The molecule has 0 radical (unpaired) electrons. The molecule has 4 nitrogen and oxygen atoms in total. The highest BCUT2D eigenvalue weighted by atomic mass is 32.1. The van der Waals surface area contributed by atoms with Crippen molar-refractivity contribution in [1.82, 2.24) is 4.90 Å². The molecule has 1 unspecified atom stereocenters. The Hall–Kier alpha value is -2.27. The van der Waals surface area contributed by atoms with Crippen molar-refractivity contribution < 1.29 is 14.4 Å². The summed E-state index contributed by atoms with van der Waals surface area (Å²) in [4.78, 5) is 40.5. The predicted molar refractivity (Wildman–Crippen MR) is 112 cm³/mol. The summed E-state index contributed by atoms with van der Waals surface area (Å²) in [6.45, 7) is 1.96. The smallest absolute Gasteiger partial charge is 0.223 e. The maximum atomic E-state index is 12.6. The predicted octanol–water partition coefficient (Wildman–Crippen LogP) is 4.90. The monoisotopic (exact) mass is 397 g/mol. The minimum absolute atomic E-state index is 0.00439. The van der Waals surface area contributed by atoms with Crippen LogP contribution in [-0.2, 0) is 16.0 Å². The molecule has 28 heavy (non-hydrogen) atoms. The number of amides is 1. The van der Waals surface area contributed by atoms with E-state index in [1.807, 2.05) is 38.2 Å². The van der Waals surface area contributed by atoms with Crippen LogP contribution in [0.2, 0.25) is 0 Å². The molecule has 1 heterocycles. The molecule has 0 bridgehead atoms. The minimum Gasteiger partial charge on any atom is -0.339 e. The first-order valence-corrected chi connectivity index (χ1v) is 10.7. The number of Topliss-reactive ketones (excluding diaryl/α,β-unsaturated/α-hetero) is 2. The Morgan fingerprint density at radius 3 is 2.54 bits per heavy atom. The lowest BCUT2D eigenvalue weighted by atomic mass is 9.87. The zero-order valence-corrected chi connectivity index (χ0v) is 17.4. The summed E-state index contributed by atoms with van der Waals surface area (Å²) in [5.74, 6) is -0.0172. The first kappa shape index (κ1) is 20.5. The fraction of sp³-hybridized carbons (Fsp3) is 0.435. The van der Waals surface area contributed by atoms with E-state index in [0.29, 0.717) is 4.88 Å². The van der Waals surface area contributed by atoms with Crippen LogP contribution in [0.4, 0.5) is 0 Å². The first-order valence-electron chi connectivity index (χ1n) is 9.90. The number of carbonyl (C=O) groups is 3. The van der Waals surface area contributed by atoms with Crippen molar-refractivity contribution in [3.05, 3.63) is 57.3 Å². The highest BCUT2D eigenvalue weighted by molar-refractivity contribution is 7.14. The summed E-state index contributed by atoms with van der Waals surface area (Å²) in [7, 11) is 1.84. The van der Waals surface area contributed by atoms with E-state index >= 15 is 0 Å². The van der Waals surface area contributed by atoms with E-state index in [1.165, 1.54) is 22.5 Å². The van der Waals surface area contributed by atoms with Crippen LogP contribution in [-0.4, -0.2) is 29.4 Å². The van der Waals surface area contributed by atoms with Crippen LogP contribution in [0.5, 0.6) is 0 Å². The number of rotatable bonds is 8. The van der Waals surface area contributed by atoms with E-state index in [4.69, 9.17) is 0 Å². The lowest BCUT2D eigenvalue weighted by Crippen LogP contribution is -2.33. The fourth-order valence-corrected chi connectivity index (χ4v) is 4.65. The molecule has 0 spiro atoms. The van der Waals surface area contributed by atoms with Crippen molar-refractivity contribution in [2.75, 3.05) is 7.05 Å². The number of benzene rings is 1. The quantitative estimate of drug-likeness (QED) is 0.595. The second-order valence-electron chi connectivity index (χ2n) is 7.48. The van der Waals surface area contributed by atoms with Crippen molar-refractivity contribution in [3.8, 4) is 0 Å². The fourth-order valence-electron chi connectivity index (χ4n) is 3.81. The van der Waals surface area contributed by atoms with E-state index in [2.05, 4.69) is 12.1 Å². The van der Waals surface area contributed by atoms with Gasteiger partial charge in [0.1, 0.15) is 5.78 Å². The van der Waals surface area contributed by atoms with Crippen LogP contribution in [0.1, 0.15) is 70.2 Å². The third kappa shape index (κ3) is 4.96. The number of ketones is 2. The van der Waals surface area contributed by atoms with Gasteiger partial charge in [-0.05, 0) is 49.4 Å². The summed E-state index contributed by atoms with van der Waals surface area (Å²) in [6.07, 6.45) is 3.93. The van der Waals surface area contributed by atoms with Gasteiger partial charge in [-0.1, -0.05) is 24.3 Å². The number of aryl methyl sites for hydroxylation is 2. The zero-order chi connectivity index (χ0) is 20.1. The molecule has 148 valence electrons. The molecule has 0 N–H and O–H groups in total. The minimum atomic E-state index is -0.0209. The maximum Gasteiger partial charge on any atom is 0.223 e. The summed E-state index contributed by atoms with van der Waals surface area (Å²) in [5, 5.41) is 0. The molecule has 2 aromatic rings. The van der Waals surface area contributed by atoms with Crippen molar-refractivity contribution in [1.29, 1.82) is 0 Å². The van der Waals surface area contributed by atoms with E-state index < -0.39 is 0 Å². The Kier molecular flexibility index (Phi) is 6.79. The molecule has 0 saturated carbocycles. The molecule has 5 heteroatoms. The van der Waals surface area contributed by atoms with Crippen molar-refractivity contribution >= 4 is 28.8 Å². The van der Waals surface area contributed by atoms with Crippen LogP contribution in [0.25, 0.3) is 0 Å². The Balaban J connectivity index is 1.47. The van der Waals surface area contributed by atoms with Gasteiger partial charge in [-0.2, -0.15) is 0 Å². The van der Waals surface area contributed by atoms with Crippen molar-refractivity contribution in [3.63, 3.8) is 0 Å². The van der Waals surface area contributed by atoms with E-state index in [1.54, 1.807) is 4.90 Å². The van der Waals surface area contributed by atoms with E-state index in [-0.39, 0.29) is 49.2 Å². The van der Waals surface area contributed by atoms with Gasteiger partial charge in [-0.15, -0.1) is 11.3 Å². The first-order chi connectivity index (χ1) is 13.5. The highest BCUT2D eigenvalue weighted by Gasteiger charge is 2.26. The SMILES string of the molecule is Cc1ccc(C(=O)CCC(=O)CCC(=O)N(C)C2CCCc3ccccc32)s1. The van der Waals surface area contributed by atoms with Gasteiger partial charge in [0.15, 0.2) is 5.78 Å². The average molecular weight is 398 g/mol. The number of hydrogen-bond donors (Lipinski definition) is 0. The molecule has 1 aromatic carbocycles. The van der Waals surface area contributed by atoms with Crippen LogP contribution < -0.4 is 0 Å². The third-order valence-electron chi connectivity index (χ3n) is 5.46. The molecule has 1 aromatic heterocycles. The van der Waals surface area contributed by atoms with Crippen LogP contribution >= 0.6 is 11.3 Å². The Morgan fingerprint density at radius 1 is 1.04 bits per heavy atom. The molecule has 3 rings (SSSR count). The molecule has 1 aliphatic carbocycles. The molecule has 0 aliphatic heterocycles. The van der Waals surface area contributed by atoms with Gasteiger partial charge in [-0.3, -0.25) is 14.4 Å². The van der Waals surface area contributed by atoms with Gasteiger partial charge in [0.2, 0.25) is 5.91 Å². The summed E-state index contributed by atoms with van der Waals surface area (Å²) < 4.78 is 0. The van der Waals surface area contributed by atoms with Gasteiger partial charge in [-0.25, -0.2) is 0 Å². The number of nitrogens with zero attached hydrogens (tertiary/aromatic N) is 1. The second kappa shape index (κ2) is 9.28. The standard InChI is InChI=1S/C23H27NO3S/c1-16-10-14-22(28-16)21(26)13-11-18(25)12-15-23(27)24(2)20-9-5-7-17-6-3-4-8-19(17)20/h3-4,6,8,10,14,20H,5,7,9,11-13,15H2,1-2H3. The molecule has 1 aliphatic rings. The highest BCUT2D eigenvalue weighted by Crippen LogP contribution is 2.33. The lowest BCUT2D eigenvalue weighted by Gasteiger charge is -2.33. The number of carbonyl (C=O) groups excluding carboxylic acids is 3.